The molecule has 0 aliphatic heterocycles. The van der Waals surface area contributed by atoms with Crippen molar-refractivity contribution < 1.29 is 28.8 Å². The van der Waals surface area contributed by atoms with Gasteiger partial charge in [0.15, 0.2) is 0 Å². The summed E-state index contributed by atoms with van der Waals surface area (Å²) in [4.78, 5) is 9.51. The minimum Gasteiger partial charge on any atom is -0.907 e. The quantitative estimate of drug-likeness (QED) is 0.330. The Hall–Kier alpha value is -2.43. The minimum atomic E-state index is -2.92. The lowest BCUT2D eigenvalue weighted by atomic mass is 10.3. The van der Waals surface area contributed by atoms with Crippen molar-refractivity contribution in [2.45, 2.75) is 80.4 Å². The van der Waals surface area contributed by atoms with Crippen LogP contribution in [0.1, 0.15) is 59.0 Å². The van der Waals surface area contributed by atoms with Crippen LogP contribution in [0.25, 0.3) is 0 Å². The molecule has 0 aromatic carbocycles. The van der Waals surface area contributed by atoms with Gasteiger partial charge in [0, 0.05) is 19.3 Å². The molecule has 0 atom stereocenters. The molecule has 0 saturated heterocycles. The largest absolute Gasteiger partial charge is 0.907 e. The van der Waals surface area contributed by atoms with Crippen LogP contribution in [-0.4, -0.2) is 22.3 Å². The summed E-state index contributed by atoms with van der Waals surface area (Å²) in [6.07, 6.45) is 15.4. The monoisotopic (exact) mass is 434 g/mol. The van der Waals surface area contributed by atoms with Crippen molar-refractivity contribution in [1.82, 2.24) is 15.0 Å². The molecule has 0 bridgehead atoms. The summed E-state index contributed by atoms with van der Waals surface area (Å²) < 4.78 is 6.62. The van der Waals surface area contributed by atoms with Crippen molar-refractivity contribution in [2.75, 3.05) is 0 Å². The molecule has 3 aromatic heterocycles. The lowest BCUT2D eigenvalue weighted by Crippen LogP contribution is -2.56. The number of aromatic amines is 3. The van der Waals surface area contributed by atoms with Crippen molar-refractivity contribution in [1.29, 1.82) is 0 Å². The summed E-state index contributed by atoms with van der Waals surface area (Å²) in [6.45, 7) is 16.1. The SMILES string of the molecule is CCc1[nH]cc[n+]1CC.CCc1[nH]cc[n+]1CC.CCc1[nH]cc[n+]1CC.[O-]B([O-])[O-]. The molecule has 0 amide bonds. The van der Waals surface area contributed by atoms with Gasteiger partial charge >= 0.3 is 0 Å². The first-order valence-electron chi connectivity index (χ1n) is 11.0. The third-order valence-electron chi connectivity index (χ3n) is 4.58. The fraction of sp³-hybridized carbons (Fsp3) is 0.571. The molecule has 3 N–H and O–H groups in total. The molecule has 0 aliphatic rings. The van der Waals surface area contributed by atoms with Gasteiger partial charge in [-0.05, 0) is 20.8 Å². The first-order valence-corrected chi connectivity index (χ1v) is 11.0. The van der Waals surface area contributed by atoms with Crippen LogP contribution in [-0.2, 0) is 38.9 Å². The molecule has 174 valence electrons. The summed E-state index contributed by atoms with van der Waals surface area (Å²) in [6, 6.07) is 0. The number of nitrogens with zero attached hydrogens (tertiary/aromatic N) is 3. The zero-order valence-corrected chi connectivity index (χ0v) is 19.9. The molecule has 3 heterocycles. The lowest BCUT2D eigenvalue weighted by molar-refractivity contribution is -0.699. The third-order valence-corrected chi connectivity index (χ3v) is 4.58. The van der Waals surface area contributed by atoms with Crippen molar-refractivity contribution >= 4 is 7.32 Å². The van der Waals surface area contributed by atoms with E-state index in [4.69, 9.17) is 15.1 Å². The van der Waals surface area contributed by atoms with E-state index in [0.717, 1.165) is 38.9 Å². The topological polar surface area (TPSA) is 128 Å². The smallest absolute Gasteiger partial charge is 0.253 e. The average molecular weight is 434 g/mol. The summed E-state index contributed by atoms with van der Waals surface area (Å²) in [5.41, 5.74) is 0. The standard InChI is InChI=1S/3C7H12N2.BO3/c3*1-3-7-8-5-6-9(7)4-2;2-1(3)4/h3*5-6H,3-4H2,1-2H3;/q;;;-3/p+3. The molecule has 10 heteroatoms. The number of rotatable bonds is 6. The van der Waals surface area contributed by atoms with Crippen LogP contribution >= 0.6 is 0 Å². The second kappa shape index (κ2) is 17.3. The van der Waals surface area contributed by atoms with Crippen molar-refractivity contribution in [3.63, 3.8) is 0 Å². The van der Waals surface area contributed by atoms with E-state index in [1.54, 1.807) is 0 Å². The summed E-state index contributed by atoms with van der Waals surface area (Å²) in [5.74, 6) is 3.91. The Balaban J connectivity index is 0.000000402. The summed E-state index contributed by atoms with van der Waals surface area (Å²) in [5, 5.41) is 25.2. The number of hydrogen-bond acceptors (Lipinski definition) is 3. The number of imidazole rings is 3. The normalized spacial score (nSPS) is 9.58. The highest BCUT2D eigenvalue weighted by Crippen LogP contribution is 1.86. The molecule has 31 heavy (non-hydrogen) atoms. The van der Waals surface area contributed by atoms with Crippen LogP contribution in [0.2, 0.25) is 0 Å². The number of aromatic nitrogens is 6. The fourth-order valence-corrected chi connectivity index (χ4v) is 2.99. The van der Waals surface area contributed by atoms with Gasteiger partial charge in [0.2, 0.25) is 0 Å². The molecule has 3 aromatic rings. The Labute approximate surface area is 186 Å². The van der Waals surface area contributed by atoms with Crippen molar-refractivity contribution in [3.8, 4) is 0 Å². The van der Waals surface area contributed by atoms with Gasteiger partial charge in [0.25, 0.3) is 17.5 Å². The van der Waals surface area contributed by atoms with Crippen LogP contribution in [0, 0.1) is 0 Å². The van der Waals surface area contributed by atoms with Crippen LogP contribution < -0.4 is 28.8 Å². The van der Waals surface area contributed by atoms with E-state index in [0.29, 0.717) is 0 Å². The predicted molar refractivity (Wildman–Crippen MR) is 114 cm³/mol. The first kappa shape index (κ1) is 28.6. The van der Waals surface area contributed by atoms with E-state index < -0.39 is 7.32 Å². The number of hydrogen-bond donors (Lipinski definition) is 3. The molecule has 9 nitrogen and oxygen atoms in total. The van der Waals surface area contributed by atoms with Gasteiger partial charge in [-0.2, -0.15) is 0 Å². The maximum absolute atomic E-state index is 8.42. The van der Waals surface area contributed by atoms with E-state index in [9.17, 15) is 0 Å². The Morgan fingerprint density at radius 3 is 0.935 bits per heavy atom. The van der Waals surface area contributed by atoms with E-state index in [1.165, 1.54) is 17.5 Å². The Morgan fingerprint density at radius 1 is 0.581 bits per heavy atom. The van der Waals surface area contributed by atoms with Crippen molar-refractivity contribution in [3.05, 3.63) is 54.7 Å². The zero-order chi connectivity index (χ0) is 23.6. The maximum Gasteiger partial charge on any atom is 0.253 e. The van der Waals surface area contributed by atoms with E-state index in [-0.39, 0.29) is 0 Å². The number of nitrogens with one attached hydrogen (secondary N) is 3. The highest BCUT2D eigenvalue weighted by Gasteiger charge is 2.04. The molecule has 3 rings (SSSR count). The Morgan fingerprint density at radius 2 is 0.806 bits per heavy atom. The van der Waals surface area contributed by atoms with E-state index in [1.807, 2.05) is 18.6 Å². The molecule has 0 aliphatic carbocycles. The lowest BCUT2D eigenvalue weighted by Gasteiger charge is -2.35. The maximum atomic E-state index is 8.42. The van der Waals surface area contributed by atoms with Gasteiger partial charge in [-0.25, -0.2) is 28.7 Å². The van der Waals surface area contributed by atoms with Gasteiger partial charge in [0.05, 0.1) is 19.6 Å². The molecule has 0 spiro atoms. The second-order valence-corrected chi connectivity index (χ2v) is 6.43. The van der Waals surface area contributed by atoms with Gasteiger partial charge in [-0.3, -0.25) is 7.32 Å². The van der Waals surface area contributed by atoms with Gasteiger partial charge in [-0.1, -0.05) is 20.8 Å². The van der Waals surface area contributed by atoms with Gasteiger partial charge in [-0.15, -0.1) is 0 Å². The minimum absolute atomic E-state index is 1.06. The first-order chi connectivity index (χ1) is 14.9. The zero-order valence-electron chi connectivity index (χ0n) is 19.9. The number of H-pyrrole nitrogens is 3. The van der Waals surface area contributed by atoms with Crippen LogP contribution in [0.3, 0.4) is 0 Å². The summed E-state index contributed by atoms with van der Waals surface area (Å²) in [7, 11) is -2.92. The van der Waals surface area contributed by atoms with Gasteiger partial charge in [0.1, 0.15) is 37.2 Å². The van der Waals surface area contributed by atoms with Crippen LogP contribution in [0.4, 0.5) is 0 Å². The predicted octanol–water partition coefficient (Wildman–Crippen LogP) is -1.29. The van der Waals surface area contributed by atoms with E-state index in [2.05, 4.69) is 88.8 Å². The van der Waals surface area contributed by atoms with E-state index >= 15 is 0 Å². The molecular weight excluding hydrogens is 395 g/mol. The average Bonchev–Trinajstić information content (AvgIpc) is 3.53. The highest BCUT2D eigenvalue weighted by atomic mass is 16.5. The van der Waals surface area contributed by atoms with Crippen LogP contribution in [0.15, 0.2) is 37.2 Å². The van der Waals surface area contributed by atoms with Gasteiger partial charge < -0.3 is 15.1 Å². The fourth-order valence-electron chi connectivity index (χ4n) is 2.99. The molecule has 0 fully saturated rings. The molecular formula is C21H39BN6O3. The number of aryl methyl sites for hydroxylation is 6. The second-order valence-electron chi connectivity index (χ2n) is 6.43. The molecule has 0 unspecified atom stereocenters. The highest BCUT2D eigenvalue weighted by molar-refractivity contribution is 6.24. The molecule has 0 saturated carbocycles. The van der Waals surface area contributed by atoms with Crippen molar-refractivity contribution in [2.24, 2.45) is 0 Å². The summed E-state index contributed by atoms with van der Waals surface area (Å²) >= 11 is 0. The Bertz CT molecular complexity index is 642. The third kappa shape index (κ3) is 11.5. The van der Waals surface area contributed by atoms with Crippen LogP contribution in [0.5, 0.6) is 0 Å². The Kier molecular flexibility index (Phi) is 15.9. The molecule has 0 radical (unpaired) electrons.